The number of benzene rings is 1. The fourth-order valence-electron chi connectivity index (χ4n) is 4.23. The zero-order valence-electron chi connectivity index (χ0n) is 16.9. The average Bonchev–Trinajstić information content (AvgIpc) is 3.32. The molecule has 3 aromatic heterocycles. The molecule has 3 heterocycles. The van der Waals surface area contributed by atoms with E-state index in [9.17, 15) is 13.9 Å². The molecule has 1 aromatic carbocycles. The van der Waals surface area contributed by atoms with Crippen molar-refractivity contribution in [2.75, 3.05) is 7.11 Å². The lowest BCUT2D eigenvalue weighted by molar-refractivity contribution is -0.0505. The summed E-state index contributed by atoms with van der Waals surface area (Å²) in [5.74, 6) is 0.112. The smallest absolute Gasteiger partial charge is 0.387 e. The van der Waals surface area contributed by atoms with Crippen LogP contribution in [0.1, 0.15) is 35.4 Å². The van der Waals surface area contributed by atoms with Gasteiger partial charge >= 0.3 is 6.61 Å². The Morgan fingerprint density at radius 3 is 2.69 bits per heavy atom. The Bertz CT molecular complexity index is 1290. The Balaban J connectivity index is 1.64. The van der Waals surface area contributed by atoms with E-state index in [-0.39, 0.29) is 12.2 Å². The Kier molecular flexibility index (Phi) is 5.19. The number of halogens is 3. The number of ether oxygens (including phenoxy) is 2. The van der Waals surface area contributed by atoms with E-state index in [0.717, 1.165) is 16.8 Å². The van der Waals surface area contributed by atoms with Crippen LogP contribution in [0, 0.1) is 0 Å². The molecular formula is C23H18ClF2N3O3. The number of pyridine rings is 2. The third kappa shape index (κ3) is 3.55. The third-order valence-corrected chi connectivity index (χ3v) is 5.87. The first kappa shape index (κ1) is 20.7. The Hall–Kier alpha value is -3.23. The molecule has 1 aliphatic rings. The molecular weight excluding hydrogens is 440 g/mol. The first-order valence-corrected chi connectivity index (χ1v) is 10.3. The maximum atomic E-state index is 13.0. The highest BCUT2D eigenvalue weighted by Crippen LogP contribution is 2.47. The van der Waals surface area contributed by atoms with Gasteiger partial charge in [0, 0.05) is 46.1 Å². The van der Waals surface area contributed by atoms with Crippen LogP contribution in [0.15, 0.2) is 54.9 Å². The van der Waals surface area contributed by atoms with Crippen LogP contribution in [-0.4, -0.2) is 33.2 Å². The van der Waals surface area contributed by atoms with E-state index in [1.165, 1.54) is 12.1 Å². The van der Waals surface area contributed by atoms with Crippen molar-refractivity contribution < 1.29 is 23.4 Å². The van der Waals surface area contributed by atoms with E-state index in [1.807, 2.05) is 28.8 Å². The minimum atomic E-state index is -2.97. The summed E-state index contributed by atoms with van der Waals surface area (Å²) in [6.07, 6.45) is 3.05. The molecule has 9 heteroatoms. The molecule has 1 aliphatic carbocycles. The molecule has 0 amide bonds. The predicted molar refractivity (Wildman–Crippen MR) is 114 cm³/mol. The second kappa shape index (κ2) is 8.03. The molecule has 2 unspecified atom stereocenters. The number of hydrogen-bond acceptors (Lipinski definition) is 5. The molecule has 1 N–H and O–H groups in total. The van der Waals surface area contributed by atoms with Crippen molar-refractivity contribution in [2.24, 2.45) is 0 Å². The SMILES string of the molecule is COc1ccc(-c2ccc3nc4c(n3c2)C(c2cc(Cl)ccc2OC(F)F)CC4O)cn1. The lowest BCUT2D eigenvalue weighted by Gasteiger charge is -2.18. The third-order valence-electron chi connectivity index (χ3n) is 5.63. The summed E-state index contributed by atoms with van der Waals surface area (Å²) in [6.45, 7) is -2.97. The second-order valence-electron chi connectivity index (χ2n) is 7.48. The number of rotatable bonds is 5. The van der Waals surface area contributed by atoms with Gasteiger partial charge in [0.25, 0.3) is 0 Å². The molecule has 2 atom stereocenters. The summed E-state index contributed by atoms with van der Waals surface area (Å²) < 4.78 is 37.8. The molecule has 0 aliphatic heterocycles. The van der Waals surface area contributed by atoms with Crippen molar-refractivity contribution >= 4 is 17.2 Å². The average molecular weight is 458 g/mol. The predicted octanol–water partition coefficient (Wildman–Crippen LogP) is 5.23. The van der Waals surface area contributed by atoms with Crippen LogP contribution in [0.2, 0.25) is 5.02 Å². The summed E-state index contributed by atoms with van der Waals surface area (Å²) >= 11 is 6.17. The van der Waals surface area contributed by atoms with Crippen LogP contribution >= 0.6 is 11.6 Å². The van der Waals surface area contributed by atoms with Crippen molar-refractivity contribution in [1.29, 1.82) is 0 Å². The summed E-state index contributed by atoms with van der Waals surface area (Å²) in [6, 6.07) is 11.9. The molecule has 0 radical (unpaired) electrons. The van der Waals surface area contributed by atoms with Crippen LogP contribution in [0.3, 0.4) is 0 Å². The number of aromatic nitrogens is 3. The van der Waals surface area contributed by atoms with E-state index < -0.39 is 18.6 Å². The molecule has 0 saturated carbocycles. The second-order valence-corrected chi connectivity index (χ2v) is 7.92. The van der Waals surface area contributed by atoms with Crippen LogP contribution in [-0.2, 0) is 0 Å². The zero-order valence-corrected chi connectivity index (χ0v) is 17.6. The van der Waals surface area contributed by atoms with Gasteiger partial charge in [-0.3, -0.25) is 0 Å². The highest BCUT2D eigenvalue weighted by Gasteiger charge is 2.37. The number of fused-ring (bicyclic) bond motifs is 3. The van der Waals surface area contributed by atoms with Gasteiger partial charge < -0.3 is 19.0 Å². The van der Waals surface area contributed by atoms with Gasteiger partial charge in [-0.05, 0) is 42.8 Å². The zero-order chi connectivity index (χ0) is 22.4. The van der Waals surface area contributed by atoms with Crippen molar-refractivity contribution in [3.8, 4) is 22.8 Å². The van der Waals surface area contributed by atoms with Gasteiger partial charge in [-0.15, -0.1) is 0 Å². The Labute approximate surface area is 187 Å². The number of hydrogen-bond donors (Lipinski definition) is 1. The maximum absolute atomic E-state index is 13.0. The van der Waals surface area contributed by atoms with Crippen LogP contribution in [0.4, 0.5) is 8.78 Å². The first-order valence-electron chi connectivity index (χ1n) is 9.89. The van der Waals surface area contributed by atoms with E-state index in [1.54, 1.807) is 25.4 Å². The molecule has 164 valence electrons. The van der Waals surface area contributed by atoms with Crippen LogP contribution < -0.4 is 9.47 Å². The molecule has 32 heavy (non-hydrogen) atoms. The van der Waals surface area contributed by atoms with Crippen molar-refractivity contribution in [3.63, 3.8) is 0 Å². The van der Waals surface area contributed by atoms with Gasteiger partial charge in [-0.1, -0.05) is 11.6 Å². The maximum Gasteiger partial charge on any atom is 0.387 e. The summed E-state index contributed by atoms with van der Waals surface area (Å²) in [7, 11) is 1.55. The number of methoxy groups -OCH3 is 1. The topological polar surface area (TPSA) is 68.9 Å². The fourth-order valence-corrected chi connectivity index (χ4v) is 4.41. The van der Waals surface area contributed by atoms with Crippen molar-refractivity contribution in [3.05, 3.63) is 76.8 Å². The molecule has 0 saturated heterocycles. The highest BCUT2D eigenvalue weighted by molar-refractivity contribution is 6.30. The van der Waals surface area contributed by atoms with Crippen LogP contribution in [0.25, 0.3) is 16.8 Å². The van der Waals surface area contributed by atoms with E-state index >= 15 is 0 Å². The van der Waals surface area contributed by atoms with Gasteiger partial charge in [-0.25, -0.2) is 9.97 Å². The van der Waals surface area contributed by atoms with Crippen LogP contribution in [0.5, 0.6) is 11.6 Å². The van der Waals surface area contributed by atoms with Crippen molar-refractivity contribution in [1.82, 2.24) is 14.4 Å². The quantitative estimate of drug-likeness (QED) is 0.444. The summed E-state index contributed by atoms with van der Waals surface area (Å²) in [4.78, 5) is 8.83. The molecule has 0 spiro atoms. The standard InChI is InChI=1S/C23H18ClF2N3O3/c1-31-20-7-3-12(10-27-20)13-2-6-19-28-21-17(30)9-16(22(21)29(19)11-13)15-8-14(24)4-5-18(15)32-23(25)26/h2-8,10-11,16-17,23,30H,9H2,1H3. The number of imidazole rings is 1. The monoisotopic (exact) mass is 457 g/mol. The number of aliphatic hydroxyl groups is 1. The number of aliphatic hydroxyl groups excluding tert-OH is 1. The number of alkyl halides is 2. The summed E-state index contributed by atoms with van der Waals surface area (Å²) in [5, 5.41) is 11.1. The normalized spacial score (nSPS) is 17.7. The summed E-state index contributed by atoms with van der Waals surface area (Å²) in [5.41, 5.74) is 4.11. The highest BCUT2D eigenvalue weighted by atomic mass is 35.5. The molecule has 4 aromatic rings. The van der Waals surface area contributed by atoms with Crippen molar-refractivity contribution in [2.45, 2.75) is 25.1 Å². The number of nitrogens with zero attached hydrogens (tertiary/aromatic N) is 3. The van der Waals surface area contributed by atoms with Gasteiger partial charge in [0.15, 0.2) is 0 Å². The van der Waals surface area contributed by atoms with Gasteiger partial charge in [0.05, 0.1) is 24.6 Å². The minimum absolute atomic E-state index is 0.0277. The molecule has 0 bridgehead atoms. The lowest BCUT2D eigenvalue weighted by Crippen LogP contribution is -2.08. The van der Waals surface area contributed by atoms with E-state index in [2.05, 4.69) is 9.97 Å². The van der Waals surface area contributed by atoms with E-state index in [0.29, 0.717) is 27.8 Å². The van der Waals surface area contributed by atoms with Gasteiger partial charge in [0.1, 0.15) is 11.4 Å². The lowest BCUT2D eigenvalue weighted by atomic mass is 9.95. The van der Waals surface area contributed by atoms with Gasteiger partial charge in [-0.2, -0.15) is 8.78 Å². The molecule has 0 fully saturated rings. The first-order chi connectivity index (χ1) is 15.4. The Morgan fingerprint density at radius 1 is 1.16 bits per heavy atom. The largest absolute Gasteiger partial charge is 0.481 e. The van der Waals surface area contributed by atoms with Gasteiger partial charge in [0.2, 0.25) is 5.88 Å². The molecule has 6 nitrogen and oxygen atoms in total. The molecule has 5 rings (SSSR count). The minimum Gasteiger partial charge on any atom is -0.481 e. The fraction of sp³-hybridized carbons (Fsp3) is 0.217. The Morgan fingerprint density at radius 2 is 1.97 bits per heavy atom. The van der Waals surface area contributed by atoms with E-state index in [4.69, 9.17) is 21.1 Å².